The van der Waals surface area contributed by atoms with Crippen molar-refractivity contribution in [1.29, 1.82) is 0 Å². The first-order chi connectivity index (χ1) is 12.1. The van der Waals surface area contributed by atoms with E-state index in [9.17, 15) is 14.7 Å². The molecular formula is C20H22N2O3. The summed E-state index contributed by atoms with van der Waals surface area (Å²) in [4.78, 5) is 27.9. The zero-order valence-corrected chi connectivity index (χ0v) is 14.3. The van der Waals surface area contributed by atoms with Crippen molar-refractivity contribution in [2.45, 2.75) is 19.9 Å². The molecule has 0 bridgehead atoms. The van der Waals surface area contributed by atoms with Crippen molar-refractivity contribution in [1.82, 2.24) is 4.90 Å². The SMILES string of the molecule is CC(=O)N1CCc2cc(C(=O)N(CCO)Cc3ccccc3)ccc21. The van der Waals surface area contributed by atoms with Crippen LogP contribution in [0.15, 0.2) is 48.5 Å². The molecule has 0 aromatic heterocycles. The van der Waals surface area contributed by atoms with Crippen LogP contribution < -0.4 is 4.90 Å². The Kier molecular flexibility index (Phi) is 5.14. The topological polar surface area (TPSA) is 60.9 Å². The summed E-state index contributed by atoms with van der Waals surface area (Å²) in [6, 6.07) is 15.2. The Morgan fingerprint density at radius 1 is 1.16 bits per heavy atom. The third-order valence-electron chi connectivity index (χ3n) is 4.48. The minimum Gasteiger partial charge on any atom is -0.395 e. The molecule has 1 aliphatic heterocycles. The van der Waals surface area contributed by atoms with E-state index in [1.807, 2.05) is 42.5 Å². The van der Waals surface area contributed by atoms with Crippen molar-refractivity contribution < 1.29 is 14.7 Å². The number of aliphatic hydroxyl groups excluding tert-OH is 1. The number of nitrogens with zero attached hydrogens (tertiary/aromatic N) is 2. The van der Waals surface area contributed by atoms with Gasteiger partial charge in [0.05, 0.1) is 6.61 Å². The van der Waals surface area contributed by atoms with E-state index in [1.54, 1.807) is 22.8 Å². The van der Waals surface area contributed by atoms with E-state index in [-0.39, 0.29) is 25.0 Å². The van der Waals surface area contributed by atoms with Crippen molar-refractivity contribution in [3.05, 3.63) is 65.2 Å². The fourth-order valence-corrected chi connectivity index (χ4v) is 3.22. The van der Waals surface area contributed by atoms with Crippen LogP contribution in [0.25, 0.3) is 0 Å². The summed E-state index contributed by atoms with van der Waals surface area (Å²) in [7, 11) is 0. The molecule has 0 unspecified atom stereocenters. The highest BCUT2D eigenvalue weighted by Gasteiger charge is 2.24. The highest BCUT2D eigenvalue weighted by molar-refractivity contribution is 5.97. The number of hydrogen-bond donors (Lipinski definition) is 1. The van der Waals surface area contributed by atoms with Crippen molar-refractivity contribution in [2.24, 2.45) is 0 Å². The predicted octanol–water partition coefficient (Wildman–Crippen LogP) is 2.23. The molecular weight excluding hydrogens is 316 g/mol. The molecule has 1 N–H and O–H groups in total. The smallest absolute Gasteiger partial charge is 0.254 e. The van der Waals surface area contributed by atoms with Crippen molar-refractivity contribution in [3.8, 4) is 0 Å². The van der Waals surface area contributed by atoms with Crippen LogP contribution in [0.3, 0.4) is 0 Å². The Morgan fingerprint density at radius 3 is 2.60 bits per heavy atom. The molecule has 1 heterocycles. The Morgan fingerprint density at radius 2 is 1.92 bits per heavy atom. The number of aliphatic hydroxyl groups is 1. The zero-order chi connectivity index (χ0) is 17.8. The number of amides is 2. The fourth-order valence-electron chi connectivity index (χ4n) is 3.22. The fraction of sp³-hybridized carbons (Fsp3) is 0.300. The summed E-state index contributed by atoms with van der Waals surface area (Å²) in [6.45, 7) is 2.87. The van der Waals surface area contributed by atoms with Crippen LogP contribution in [0.4, 0.5) is 5.69 Å². The molecule has 25 heavy (non-hydrogen) atoms. The van der Waals surface area contributed by atoms with Gasteiger partial charge in [0.25, 0.3) is 5.91 Å². The summed E-state index contributed by atoms with van der Waals surface area (Å²) < 4.78 is 0. The maximum atomic E-state index is 12.9. The second kappa shape index (κ2) is 7.49. The van der Waals surface area contributed by atoms with Gasteiger partial charge in [-0.3, -0.25) is 9.59 Å². The standard InChI is InChI=1S/C20H22N2O3/c1-15(24)22-10-9-17-13-18(7-8-19(17)22)20(25)21(11-12-23)14-16-5-3-2-4-6-16/h2-8,13,23H,9-12,14H2,1H3. The van der Waals surface area contributed by atoms with Gasteiger partial charge >= 0.3 is 0 Å². The largest absolute Gasteiger partial charge is 0.395 e. The van der Waals surface area contributed by atoms with E-state index in [0.717, 1.165) is 23.2 Å². The molecule has 1 aliphatic rings. The predicted molar refractivity (Wildman–Crippen MR) is 96.4 cm³/mol. The Balaban J connectivity index is 1.82. The van der Waals surface area contributed by atoms with Gasteiger partial charge in [-0.1, -0.05) is 30.3 Å². The van der Waals surface area contributed by atoms with Gasteiger partial charge < -0.3 is 14.9 Å². The number of fused-ring (bicyclic) bond motifs is 1. The minimum atomic E-state index is -0.109. The molecule has 5 nitrogen and oxygen atoms in total. The molecule has 130 valence electrons. The van der Waals surface area contributed by atoms with Crippen molar-refractivity contribution >= 4 is 17.5 Å². The lowest BCUT2D eigenvalue weighted by atomic mass is 10.1. The van der Waals surface area contributed by atoms with Crippen LogP contribution in [0.2, 0.25) is 0 Å². The highest BCUT2D eigenvalue weighted by Crippen LogP contribution is 2.29. The summed E-state index contributed by atoms with van der Waals surface area (Å²) in [5.41, 5.74) is 3.52. The van der Waals surface area contributed by atoms with E-state index in [4.69, 9.17) is 0 Å². The van der Waals surface area contributed by atoms with Gasteiger partial charge in [-0.05, 0) is 35.7 Å². The van der Waals surface area contributed by atoms with Gasteiger partial charge in [-0.2, -0.15) is 0 Å². The highest BCUT2D eigenvalue weighted by atomic mass is 16.3. The average Bonchev–Trinajstić information content (AvgIpc) is 3.05. The Bertz CT molecular complexity index is 774. The molecule has 0 saturated heterocycles. The molecule has 3 rings (SSSR count). The van der Waals surface area contributed by atoms with Gasteiger partial charge in [0.15, 0.2) is 0 Å². The molecule has 0 aliphatic carbocycles. The second-order valence-electron chi connectivity index (χ2n) is 6.20. The number of carbonyl (C=O) groups excluding carboxylic acids is 2. The van der Waals surface area contributed by atoms with E-state index in [2.05, 4.69) is 0 Å². The second-order valence-corrected chi connectivity index (χ2v) is 6.20. The summed E-state index contributed by atoms with van der Waals surface area (Å²) in [5, 5.41) is 9.32. The van der Waals surface area contributed by atoms with Crippen LogP contribution in [-0.4, -0.2) is 41.5 Å². The maximum Gasteiger partial charge on any atom is 0.254 e. The van der Waals surface area contributed by atoms with Crippen LogP contribution in [0.5, 0.6) is 0 Å². The number of hydrogen-bond acceptors (Lipinski definition) is 3. The maximum absolute atomic E-state index is 12.9. The van der Waals surface area contributed by atoms with E-state index < -0.39 is 0 Å². The molecule has 0 radical (unpaired) electrons. The van der Waals surface area contributed by atoms with Gasteiger partial charge in [-0.15, -0.1) is 0 Å². The first-order valence-corrected chi connectivity index (χ1v) is 8.45. The lowest BCUT2D eigenvalue weighted by Crippen LogP contribution is -2.33. The van der Waals surface area contributed by atoms with E-state index in [1.165, 1.54) is 0 Å². The summed E-state index contributed by atoms with van der Waals surface area (Å²) >= 11 is 0. The normalized spacial score (nSPS) is 12.8. The first kappa shape index (κ1) is 17.2. The monoisotopic (exact) mass is 338 g/mol. The van der Waals surface area contributed by atoms with Gasteiger partial charge in [0.1, 0.15) is 0 Å². The molecule has 2 aromatic carbocycles. The number of carbonyl (C=O) groups is 2. The third-order valence-corrected chi connectivity index (χ3v) is 4.48. The molecule has 0 spiro atoms. The molecule has 0 fully saturated rings. The molecule has 0 saturated carbocycles. The molecule has 2 amide bonds. The lowest BCUT2D eigenvalue weighted by Gasteiger charge is -2.22. The summed E-state index contributed by atoms with van der Waals surface area (Å²) in [5.74, 6) is -0.0919. The first-order valence-electron chi connectivity index (χ1n) is 8.45. The van der Waals surface area contributed by atoms with Crippen molar-refractivity contribution in [3.63, 3.8) is 0 Å². The third kappa shape index (κ3) is 3.72. The van der Waals surface area contributed by atoms with Crippen LogP contribution in [-0.2, 0) is 17.8 Å². The zero-order valence-electron chi connectivity index (χ0n) is 14.3. The lowest BCUT2D eigenvalue weighted by molar-refractivity contribution is -0.116. The number of anilines is 1. The van der Waals surface area contributed by atoms with Crippen LogP contribution >= 0.6 is 0 Å². The van der Waals surface area contributed by atoms with Gasteiger partial charge in [0.2, 0.25) is 5.91 Å². The Labute approximate surface area is 147 Å². The molecule has 2 aromatic rings. The van der Waals surface area contributed by atoms with E-state index in [0.29, 0.717) is 18.7 Å². The minimum absolute atomic E-state index is 0.0174. The molecule has 5 heteroatoms. The Hall–Kier alpha value is -2.66. The summed E-state index contributed by atoms with van der Waals surface area (Å²) in [6.07, 6.45) is 0.759. The van der Waals surface area contributed by atoms with Crippen LogP contribution in [0, 0.1) is 0 Å². The van der Waals surface area contributed by atoms with Gasteiger partial charge in [-0.25, -0.2) is 0 Å². The number of benzene rings is 2. The molecule has 0 atom stereocenters. The average molecular weight is 338 g/mol. The van der Waals surface area contributed by atoms with Gasteiger partial charge in [0, 0.05) is 37.8 Å². The number of rotatable bonds is 5. The van der Waals surface area contributed by atoms with Crippen LogP contribution in [0.1, 0.15) is 28.4 Å². The van der Waals surface area contributed by atoms with Crippen molar-refractivity contribution in [2.75, 3.05) is 24.6 Å². The quantitative estimate of drug-likeness (QED) is 0.909. The van der Waals surface area contributed by atoms with E-state index >= 15 is 0 Å².